The third-order valence-electron chi connectivity index (χ3n) is 2.36. The molecular weight excluding hydrogens is 178 g/mol. The summed E-state index contributed by atoms with van der Waals surface area (Å²) in [7, 11) is 0. The van der Waals surface area contributed by atoms with Crippen LogP contribution in [0.15, 0.2) is 12.1 Å². The van der Waals surface area contributed by atoms with Gasteiger partial charge in [0, 0.05) is 17.5 Å². The van der Waals surface area contributed by atoms with Crippen molar-refractivity contribution < 1.29 is 9.53 Å². The monoisotopic (exact) mass is 187 g/mol. The van der Waals surface area contributed by atoms with Gasteiger partial charge in [0.05, 0.1) is 12.2 Å². The molecule has 70 valence electrons. The van der Waals surface area contributed by atoms with Gasteiger partial charge in [-0.25, -0.2) is 0 Å². The number of hydrogen-bond acceptors (Lipinski definition) is 3. The number of ether oxygens (including phenoxy) is 1. The quantitative estimate of drug-likeness (QED) is 0.628. The maximum Gasteiger partial charge on any atom is 0.160 e. The van der Waals surface area contributed by atoms with E-state index in [4.69, 9.17) is 10.00 Å². The lowest BCUT2D eigenvalue weighted by molar-refractivity contribution is 0.101. The van der Waals surface area contributed by atoms with Gasteiger partial charge in [-0.3, -0.25) is 4.79 Å². The van der Waals surface area contributed by atoms with Crippen molar-refractivity contribution in [1.29, 1.82) is 5.26 Å². The topological polar surface area (TPSA) is 50.1 Å². The van der Waals surface area contributed by atoms with E-state index >= 15 is 0 Å². The van der Waals surface area contributed by atoms with Gasteiger partial charge in [-0.05, 0) is 19.1 Å². The smallest absolute Gasteiger partial charge is 0.160 e. The minimum Gasteiger partial charge on any atom is -0.492 e. The van der Waals surface area contributed by atoms with Gasteiger partial charge in [0.25, 0.3) is 0 Å². The first-order valence-corrected chi connectivity index (χ1v) is 4.43. The first-order valence-electron chi connectivity index (χ1n) is 4.43. The van der Waals surface area contributed by atoms with Gasteiger partial charge < -0.3 is 4.74 Å². The van der Waals surface area contributed by atoms with E-state index in [1.165, 1.54) is 6.92 Å². The van der Waals surface area contributed by atoms with Gasteiger partial charge in [0.2, 0.25) is 0 Å². The number of rotatable bonds is 1. The van der Waals surface area contributed by atoms with Crippen molar-refractivity contribution >= 4 is 5.78 Å². The minimum absolute atomic E-state index is 0.0243. The van der Waals surface area contributed by atoms with Crippen LogP contribution in [0.5, 0.6) is 5.75 Å². The van der Waals surface area contributed by atoms with Crippen molar-refractivity contribution in [3.05, 3.63) is 28.8 Å². The Kier molecular flexibility index (Phi) is 1.97. The zero-order valence-corrected chi connectivity index (χ0v) is 7.83. The first-order chi connectivity index (χ1) is 6.74. The summed E-state index contributed by atoms with van der Waals surface area (Å²) in [5.74, 6) is 0.622. The molecule has 0 bridgehead atoms. The zero-order valence-electron chi connectivity index (χ0n) is 7.83. The van der Waals surface area contributed by atoms with Crippen molar-refractivity contribution in [1.82, 2.24) is 0 Å². The zero-order chi connectivity index (χ0) is 10.1. The van der Waals surface area contributed by atoms with Crippen LogP contribution in [0.1, 0.15) is 28.4 Å². The van der Waals surface area contributed by atoms with Crippen LogP contribution in [-0.2, 0) is 6.42 Å². The summed E-state index contributed by atoms with van der Waals surface area (Å²) in [5, 5.41) is 8.82. The molecule has 0 radical (unpaired) electrons. The molecular formula is C11H9NO2. The molecule has 0 aliphatic carbocycles. The number of fused-ring (bicyclic) bond motifs is 1. The second-order valence-corrected chi connectivity index (χ2v) is 3.23. The molecule has 14 heavy (non-hydrogen) atoms. The molecule has 3 nitrogen and oxygen atoms in total. The van der Waals surface area contributed by atoms with Gasteiger partial charge in [0.1, 0.15) is 11.8 Å². The Bertz CT molecular complexity index is 443. The Morgan fingerprint density at radius 3 is 3.00 bits per heavy atom. The first kappa shape index (κ1) is 8.76. The fourth-order valence-electron chi connectivity index (χ4n) is 1.71. The molecule has 1 heterocycles. The molecule has 0 saturated carbocycles. The molecule has 0 aromatic heterocycles. The number of nitrogens with zero attached hydrogens (tertiary/aromatic N) is 1. The highest BCUT2D eigenvalue weighted by Gasteiger charge is 2.21. The van der Waals surface area contributed by atoms with Gasteiger partial charge in [0.15, 0.2) is 5.78 Å². The molecule has 1 aromatic rings. The lowest BCUT2D eigenvalue weighted by Crippen LogP contribution is -1.98. The van der Waals surface area contributed by atoms with E-state index < -0.39 is 0 Å². The van der Waals surface area contributed by atoms with E-state index in [1.54, 1.807) is 12.1 Å². The molecule has 0 N–H and O–H groups in total. The highest BCUT2D eigenvalue weighted by atomic mass is 16.5. The average Bonchev–Trinajstić information content (AvgIpc) is 2.64. The van der Waals surface area contributed by atoms with Crippen LogP contribution >= 0.6 is 0 Å². The lowest BCUT2D eigenvalue weighted by Gasteiger charge is -2.04. The van der Waals surface area contributed by atoms with Crippen LogP contribution in [0.25, 0.3) is 0 Å². The molecule has 0 amide bonds. The van der Waals surface area contributed by atoms with E-state index in [2.05, 4.69) is 6.07 Å². The fourth-order valence-corrected chi connectivity index (χ4v) is 1.71. The van der Waals surface area contributed by atoms with Gasteiger partial charge in [-0.15, -0.1) is 0 Å². The van der Waals surface area contributed by atoms with Crippen molar-refractivity contribution in [2.24, 2.45) is 0 Å². The van der Waals surface area contributed by atoms with Gasteiger partial charge >= 0.3 is 0 Å². The second kappa shape index (κ2) is 3.15. The van der Waals surface area contributed by atoms with Gasteiger partial charge in [-0.2, -0.15) is 5.26 Å². The van der Waals surface area contributed by atoms with E-state index in [0.717, 1.165) is 12.0 Å². The average molecular weight is 187 g/mol. The van der Waals surface area contributed by atoms with Gasteiger partial charge in [-0.1, -0.05) is 0 Å². The van der Waals surface area contributed by atoms with Crippen molar-refractivity contribution in [2.75, 3.05) is 6.61 Å². The molecule has 0 saturated heterocycles. The van der Waals surface area contributed by atoms with E-state index in [-0.39, 0.29) is 5.78 Å². The number of hydrogen-bond donors (Lipinski definition) is 0. The Hall–Kier alpha value is -1.82. The van der Waals surface area contributed by atoms with Crippen LogP contribution in [0, 0.1) is 11.3 Å². The van der Waals surface area contributed by atoms with Crippen LogP contribution < -0.4 is 4.74 Å². The Labute approximate surface area is 81.9 Å². The van der Waals surface area contributed by atoms with Crippen molar-refractivity contribution in [3.63, 3.8) is 0 Å². The molecule has 0 unspecified atom stereocenters. The Morgan fingerprint density at radius 1 is 1.57 bits per heavy atom. The summed E-state index contributed by atoms with van der Waals surface area (Å²) in [5.41, 5.74) is 2.08. The highest BCUT2D eigenvalue weighted by Crippen LogP contribution is 2.32. The standard InChI is InChI=1S/C11H9NO2/c1-7(13)9-3-2-8(6-12)11-10(9)4-5-14-11/h2-3H,4-5H2,1H3. The fraction of sp³-hybridized carbons (Fsp3) is 0.273. The van der Waals surface area contributed by atoms with E-state index in [9.17, 15) is 4.79 Å². The van der Waals surface area contributed by atoms with Crippen molar-refractivity contribution in [3.8, 4) is 11.8 Å². The lowest BCUT2D eigenvalue weighted by atomic mass is 9.99. The number of ketones is 1. The second-order valence-electron chi connectivity index (χ2n) is 3.23. The molecule has 0 spiro atoms. The van der Waals surface area contributed by atoms with Crippen LogP contribution in [0.2, 0.25) is 0 Å². The predicted octanol–water partition coefficient (Wildman–Crippen LogP) is 1.70. The number of benzene rings is 1. The summed E-state index contributed by atoms with van der Waals surface area (Å²) in [6.45, 7) is 2.09. The van der Waals surface area contributed by atoms with E-state index in [1.807, 2.05) is 0 Å². The largest absolute Gasteiger partial charge is 0.492 e. The summed E-state index contributed by atoms with van der Waals surface area (Å²) in [4.78, 5) is 11.3. The highest BCUT2D eigenvalue weighted by molar-refractivity contribution is 5.96. The molecule has 1 aliphatic heterocycles. The molecule has 2 rings (SSSR count). The Morgan fingerprint density at radius 2 is 2.36 bits per heavy atom. The maximum absolute atomic E-state index is 11.3. The number of carbonyl (C=O) groups excluding carboxylic acids is 1. The maximum atomic E-state index is 11.3. The molecule has 1 aliphatic rings. The van der Waals surface area contributed by atoms with Crippen LogP contribution in [0.3, 0.4) is 0 Å². The molecule has 0 fully saturated rings. The summed E-state index contributed by atoms with van der Waals surface area (Å²) < 4.78 is 5.34. The summed E-state index contributed by atoms with van der Waals surface area (Å²) >= 11 is 0. The minimum atomic E-state index is 0.0243. The third-order valence-corrected chi connectivity index (χ3v) is 2.36. The number of nitriles is 1. The van der Waals surface area contributed by atoms with Crippen LogP contribution in [-0.4, -0.2) is 12.4 Å². The summed E-state index contributed by atoms with van der Waals surface area (Å²) in [6.07, 6.45) is 0.722. The van der Waals surface area contributed by atoms with Crippen LogP contribution in [0.4, 0.5) is 0 Å². The normalized spacial score (nSPS) is 12.9. The van der Waals surface area contributed by atoms with E-state index in [0.29, 0.717) is 23.5 Å². The molecule has 1 aromatic carbocycles. The number of Topliss-reactive ketones (excluding diaryl/α,β-unsaturated/α-hetero) is 1. The molecule has 0 atom stereocenters. The molecule has 3 heteroatoms. The summed E-state index contributed by atoms with van der Waals surface area (Å²) in [6, 6.07) is 5.40. The number of carbonyl (C=O) groups is 1. The van der Waals surface area contributed by atoms with Crippen molar-refractivity contribution in [2.45, 2.75) is 13.3 Å². The SMILES string of the molecule is CC(=O)c1ccc(C#N)c2c1CCO2. The predicted molar refractivity (Wildman–Crippen MR) is 50.4 cm³/mol. The Balaban J connectivity index is 2.65. The third kappa shape index (κ3) is 1.16.